The second-order valence-electron chi connectivity index (χ2n) is 28.8. The fourth-order valence-corrected chi connectivity index (χ4v) is 11.2. The topological polar surface area (TPSA) is 19.6 Å². The summed E-state index contributed by atoms with van der Waals surface area (Å²) < 4.78 is 7.70. The Balaban J connectivity index is 1.50. The maximum absolute atomic E-state index is 7.70. The van der Waals surface area contributed by atoms with Crippen molar-refractivity contribution in [3.05, 3.63) is 123 Å². The van der Waals surface area contributed by atoms with Crippen molar-refractivity contribution >= 4 is 68.4 Å². The lowest BCUT2D eigenvalue weighted by Gasteiger charge is -2.44. The molecule has 2 aliphatic heterocycles. The van der Waals surface area contributed by atoms with Crippen LogP contribution in [0.15, 0.2) is 83.3 Å². The quantitative estimate of drug-likeness (QED) is 0.161. The van der Waals surface area contributed by atoms with Crippen LogP contribution in [0.2, 0.25) is 0 Å². The van der Waals surface area contributed by atoms with Gasteiger partial charge in [0.2, 0.25) is 0 Å². The number of rotatable bonds is 2. The van der Waals surface area contributed by atoms with Gasteiger partial charge >= 0.3 is 0 Å². The summed E-state index contributed by atoms with van der Waals surface area (Å²) in [7, 11) is 0. The van der Waals surface area contributed by atoms with Crippen molar-refractivity contribution in [1.29, 1.82) is 0 Å². The molecule has 1 aliphatic carbocycles. The largest absolute Gasteiger partial charge is 0.468 e. The van der Waals surface area contributed by atoms with Gasteiger partial charge in [-0.15, -0.1) is 0 Å². The van der Waals surface area contributed by atoms with E-state index < -0.39 is 0 Å². The number of furan rings is 1. The fourth-order valence-electron chi connectivity index (χ4n) is 11.2. The number of hydrogen-bond acceptors (Lipinski definition) is 3. The second kappa shape index (κ2) is 14.9. The lowest BCUT2D eigenvalue weighted by atomic mass is 9.35. The smallest absolute Gasteiger partial charge is 0.297 e. The number of nitrogens with zero attached hydrogens (tertiary/aromatic N) is 2. The minimum atomic E-state index is -0.143. The van der Waals surface area contributed by atoms with Crippen LogP contribution in [0.1, 0.15) is 210 Å². The molecule has 68 heavy (non-hydrogen) atoms. The van der Waals surface area contributed by atoms with Crippen molar-refractivity contribution in [2.45, 2.75) is 208 Å². The van der Waals surface area contributed by atoms with Gasteiger partial charge in [-0.1, -0.05) is 177 Å². The van der Waals surface area contributed by atoms with Gasteiger partial charge in [0.25, 0.3) is 6.71 Å². The molecular formula is C64H83BN2O. The molecule has 0 unspecified atom stereocenters. The monoisotopic (exact) mass is 907 g/mol. The summed E-state index contributed by atoms with van der Waals surface area (Å²) in [5.74, 6) is 0. The molecule has 9 rings (SSSR count). The predicted molar refractivity (Wildman–Crippen MR) is 298 cm³/mol. The van der Waals surface area contributed by atoms with Crippen LogP contribution < -0.4 is 26.4 Å². The van der Waals surface area contributed by atoms with Gasteiger partial charge in [0.1, 0.15) is 5.58 Å². The van der Waals surface area contributed by atoms with Gasteiger partial charge in [0, 0.05) is 33.8 Å². The van der Waals surface area contributed by atoms with E-state index >= 15 is 0 Å². The highest BCUT2D eigenvalue weighted by Gasteiger charge is 2.49. The van der Waals surface area contributed by atoms with E-state index in [4.69, 9.17) is 4.42 Å². The number of anilines is 6. The van der Waals surface area contributed by atoms with Crippen LogP contribution in [0.3, 0.4) is 0 Å². The Kier molecular flexibility index (Phi) is 10.6. The van der Waals surface area contributed by atoms with Crippen molar-refractivity contribution in [2.24, 2.45) is 0 Å². The van der Waals surface area contributed by atoms with E-state index in [1.54, 1.807) is 0 Å². The van der Waals surface area contributed by atoms with Gasteiger partial charge in [-0.3, -0.25) is 0 Å². The van der Waals surface area contributed by atoms with Crippen LogP contribution in [0.4, 0.5) is 34.1 Å². The minimum absolute atomic E-state index is 0.0335. The van der Waals surface area contributed by atoms with Crippen molar-refractivity contribution in [3.8, 4) is 0 Å². The lowest BCUT2D eigenvalue weighted by molar-refractivity contribution is 0.332. The molecule has 0 fully saturated rings. The zero-order chi connectivity index (χ0) is 50.0. The molecule has 0 saturated carbocycles. The highest BCUT2D eigenvalue weighted by atomic mass is 16.3. The third-order valence-electron chi connectivity index (χ3n) is 16.2. The molecule has 3 nitrogen and oxygen atoms in total. The maximum Gasteiger partial charge on any atom is 0.297 e. The normalized spacial score (nSPS) is 17.0. The van der Waals surface area contributed by atoms with Crippen molar-refractivity contribution in [1.82, 2.24) is 0 Å². The number of hydrogen-bond donors (Lipinski definition) is 0. The van der Waals surface area contributed by atoms with E-state index in [0.717, 1.165) is 24.1 Å². The molecule has 1 aromatic heterocycles. The molecule has 4 heteroatoms. The van der Waals surface area contributed by atoms with Gasteiger partial charge in [-0.2, -0.15) is 0 Å². The van der Waals surface area contributed by atoms with Gasteiger partial charge in [-0.05, 0) is 166 Å². The fraction of sp³-hybridized carbons (Fsp3) is 0.500. The van der Waals surface area contributed by atoms with Crippen LogP contribution in [0.5, 0.6) is 0 Å². The van der Waals surface area contributed by atoms with Crippen LogP contribution in [0.25, 0.3) is 11.0 Å². The molecule has 358 valence electrons. The highest BCUT2D eigenvalue weighted by Crippen LogP contribution is 2.53. The van der Waals surface area contributed by atoms with Crippen molar-refractivity contribution < 1.29 is 4.42 Å². The van der Waals surface area contributed by atoms with Gasteiger partial charge in [0.05, 0.1) is 11.3 Å². The van der Waals surface area contributed by atoms with E-state index in [1.807, 2.05) is 0 Å². The van der Waals surface area contributed by atoms with E-state index in [2.05, 4.69) is 241 Å². The number of fused-ring (bicyclic) bond motifs is 7. The Hall–Kier alpha value is -4.70. The first-order chi connectivity index (χ1) is 31.0. The molecule has 3 heterocycles. The molecule has 0 spiro atoms. The molecule has 0 bridgehead atoms. The first-order valence-corrected chi connectivity index (χ1v) is 25.8. The zero-order valence-corrected chi connectivity index (χ0v) is 46.3. The summed E-state index contributed by atoms with van der Waals surface area (Å²) in [6.07, 6.45) is 2.31. The molecule has 0 saturated heterocycles. The lowest BCUT2D eigenvalue weighted by Crippen LogP contribution is -2.61. The third kappa shape index (κ3) is 7.96. The first-order valence-electron chi connectivity index (χ1n) is 25.8. The van der Waals surface area contributed by atoms with E-state index in [0.29, 0.717) is 0 Å². The molecule has 5 aromatic carbocycles. The van der Waals surface area contributed by atoms with Gasteiger partial charge < -0.3 is 14.2 Å². The van der Waals surface area contributed by atoms with E-state index in [9.17, 15) is 0 Å². The van der Waals surface area contributed by atoms with Crippen molar-refractivity contribution in [3.63, 3.8) is 0 Å². The standard InChI is InChI=1S/C64H83BN2O/c1-57(2,3)38-23-24-50-49(33-38)65-54-51(66(50)44-29-39(58(4,5)6)27-40(30-44)59(7,8)9)34-43(62(16,17)18)35-52(54)67(45-31-41(60(10,11)12)28-42(32-45)61(13,14)15)55-46-36-47-48(37-53(46)68-56(55)65)64(21,22)26-25-63(47,19)20/h23-24,27-37H,25-26H2,1-22H3. The molecule has 0 atom stereocenters. The van der Waals surface area contributed by atoms with Crippen LogP contribution >= 0.6 is 0 Å². The van der Waals surface area contributed by atoms with E-state index in [1.165, 1.54) is 94.9 Å². The molecular weight excluding hydrogens is 824 g/mol. The molecule has 3 aliphatic rings. The summed E-state index contributed by atoms with van der Waals surface area (Å²) in [5, 5.41) is 1.21. The number of benzene rings is 5. The van der Waals surface area contributed by atoms with E-state index in [-0.39, 0.29) is 50.0 Å². The van der Waals surface area contributed by atoms with Crippen LogP contribution in [-0.2, 0) is 43.3 Å². The van der Waals surface area contributed by atoms with Crippen LogP contribution in [-0.4, -0.2) is 6.71 Å². The minimum Gasteiger partial charge on any atom is -0.468 e. The summed E-state index contributed by atoms with van der Waals surface area (Å²) >= 11 is 0. The summed E-state index contributed by atoms with van der Waals surface area (Å²) in [5.41, 5.74) is 22.5. The summed E-state index contributed by atoms with van der Waals surface area (Å²) in [6, 6.07) is 32.4. The van der Waals surface area contributed by atoms with Gasteiger partial charge in [-0.25, -0.2) is 0 Å². The second-order valence-corrected chi connectivity index (χ2v) is 28.8. The zero-order valence-electron chi connectivity index (χ0n) is 46.3. The summed E-state index contributed by atoms with van der Waals surface area (Å²) in [4.78, 5) is 5.30. The summed E-state index contributed by atoms with van der Waals surface area (Å²) in [6.45, 7) is 52.2. The molecule has 0 N–H and O–H groups in total. The third-order valence-corrected chi connectivity index (χ3v) is 16.2. The predicted octanol–water partition coefficient (Wildman–Crippen LogP) is 16.6. The average molecular weight is 907 g/mol. The Morgan fingerprint density at radius 2 is 0.824 bits per heavy atom. The maximum atomic E-state index is 7.70. The SMILES string of the molecule is CC(C)(C)c1cc(N2c3ccc(C(C)(C)C)cc3B3c4oc5cc6c(cc5c4N(c4cc(C(C)(C)C)cc(C(C)(C)C)c4)c4cc(C(C)(C)C)cc2c43)C(C)(C)CCC6(C)C)cc(C(C)(C)C)c1. The van der Waals surface area contributed by atoms with Crippen molar-refractivity contribution in [2.75, 3.05) is 9.80 Å². The van der Waals surface area contributed by atoms with Crippen LogP contribution in [0, 0.1) is 0 Å². The Morgan fingerprint density at radius 3 is 1.26 bits per heavy atom. The average Bonchev–Trinajstić information content (AvgIpc) is 3.57. The molecule has 6 aromatic rings. The Morgan fingerprint density at radius 1 is 0.426 bits per heavy atom. The first kappa shape index (κ1) is 48.3. The molecule has 0 amide bonds. The Labute approximate surface area is 412 Å². The van der Waals surface area contributed by atoms with Gasteiger partial charge in [0.15, 0.2) is 0 Å². The molecule has 0 radical (unpaired) electrons. The Bertz CT molecular complexity index is 2960. The highest BCUT2D eigenvalue weighted by molar-refractivity contribution is 7.00.